The molecular formula is C14H18N4O2. The number of amides is 1. The van der Waals surface area contributed by atoms with Gasteiger partial charge in [0.2, 0.25) is 5.91 Å². The van der Waals surface area contributed by atoms with Gasteiger partial charge >= 0.3 is 0 Å². The van der Waals surface area contributed by atoms with E-state index >= 15 is 0 Å². The number of phenolic OH excluding ortho intramolecular Hbond substituents is 1. The lowest BCUT2D eigenvalue weighted by atomic mass is 10.1. The van der Waals surface area contributed by atoms with Crippen LogP contribution in [0.4, 0.5) is 5.82 Å². The number of hydrogen-bond acceptors (Lipinski definition) is 4. The van der Waals surface area contributed by atoms with Gasteiger partial charge in [-0.25, -0.2) is 0 Å². The van der Waals surface area contributed by atoms with Crippen molar-refractivity contribution in [1.29, 1.82) is 0 Å². The summed E-state index contributed by atoms with van der Waals surface area (Å²) in [5.41, 5.74) is 6.22. The molecule has 0 bridgehead atoms. The third-order valence-electron chi connectivity index (χ3n) is 3.32. The number of nitrogen functional groups attached to an aromatic ring is 1. The molecule has 0 radical (unpaired) electrons. The smallest absolute Gasteiger partial charge is 0.244 e. The third-order valence-corrected chi connectivity index (χ3v) is 3.32. The summed E-state index contributed by atoms with van der Waals surface area (Å²) in [5.74, 6) is 0.459. The third kappa shape index (κ3) is 2.90. The zero-order chi connectivity index (χ0) is 14.7. The van der Waals surface area contributed by atoms with E-state index in [4.69, 9.17) is 5.73 Å². The van der Waals surface area contributed by atoms with Gasteiger partial charge in [-0.3, -0.25) is 9.48 Å². The van der Waals surface area contributed by atoms with Crippen LogP contribution in [0, 0.1) is 0 Å². The second kappa shape index (κ2) is 5.64. The number of carbonyl (C=O) groups is 1. The van der Waals surface area contributed by atoms with Crippen LogP contribution in [-0.4, -0.2) is 32.7 Å². The lowest BCUT2D eigenvalue weighted by Gasteiger charge is -2.25. The molecule has 0 saturated carbocycles. The number of phenols is 1. The van der Waals surface area contributed by atoms with Crippen molar-refractivity contribution in [3.05, 3.63) is 42.1 Å². The molecule has 1 heterocycles. The summed E-state index contributed by atoms with van der Waals surface area (Å²) in [6.07, 6.45) is 1.66. The largest absolute Gasteiger partial charge is 0.508 e. The zero-order valence-corrected chi connectivity index (χ0v) is 11.5. The molecule has 1 atom stereocenters. The molecule has 20 heavy (non-hydrogen) atoms. The fourth-order valence-electron chi connectivity index (χ4n) is 1.98. The van der Waals surface area contributed by atoms with Crippen LogP contribution < -0.4 is 5.73 Å². The van der Waals surface area contributed by atoms with Crippen molar-refractivity contribution in [1.82, 2.24) is 14.7 Å². The van der Waals surface area contributed by atoms with Crippen molar-refractivity contribution in [3.8, 4) is 5.75 Å². The van der Waals surface area contributed by atoms with E-state index < -0.39 is 0 Å². The highest BCUT2D eigenvalue weighted by Gasteiger charge is 2.20. The Morgan fingerprint density at radius 2 is 2.15 bits per heavy atom. The van der Waals surface area contributed by atoms with Crippen molar-refractivity contribution in [2.75, 3.05) is 12.8 Å². The van der Waals surface area contributed by atoms with Gasteiger partial charge in [-0.1, -0.05) is 18.2 Å². The molecule has 106 valence electrons. The summed E-state index contributed by atoms with van der Waals surface area (Å²) >= 11 is 0. The van der Waals surface area contributed by atoms with Gasteiger partial charge in [0.15, 0.2) is 0 Å². The predicted octanol–water partition coefficient (Wildman–Crippen LogP) is 1.39. The van der Waals surface area contributed by atoms with Crippen molar-refractivity contribution in [2.45, 2.75) is 19.5 Å². The number of nitrogens with two attached hydrogens (primary N) is 1. The van der Waals surface area contributed by atoms with Crippen molar-refractivity contribution >= 4 is 11.7 Å². The average Bonchev–Trinajstić information content (AvgIpc) is 2.83. The molecule has 1 amide bonds. The molecule has 6 heteroatoms. The standard InChI is InChI=1S/C14H18N4O2/c1-10(11-5-3-4-6-12(11)19)17(2)14(20)9-18-8-7-13(15)16-18/h3-8,10,19H,9H2,1-2H3,(H2,15,16). The number of nitrogens with zero attached hydrogens (tertiary/aromatic N) is 3. The monoisotopic (exact) mass is 274 g/mol. The van der Waals surface area contributed by atoms with Gasteiger partial charge < -0.3 is 15.7 Å². The SMILES string of the molecule is CC(c1ccccc1O)N(C)C(=O)Cn1ccc(N)n1. The van der Waals surface area contributed by atoms with E-state index in [-0.39, 0.29) is 24.2 Å². The lowest BCUT2D eigenvalue weighted by Crippen LogP contribution is -2.32. The number of benzene rings is 1. The normalized spacial score (nSPS) is 12.1. The molecule has 2 aromatic rings. The number of likely N-dealkylation sites (N-methyl/N-ethyl adjacent to an activating group) is 1. The highest BCUT2D eigenvalue weighted by Crippen LogP contribution is 2.27. The number of aromatic hydroxyl groups is 1. The summed E-state index contributed by atoms with van der Waals surface area (Å²) in [6.45, 7) is 1.98. The van der Waals surface area contributed by atoms with Gasteiger partial charge in [0.25, 0.3) is 0 Å². The molecule has 0 aliphatic heterocycles. The van der Waals surface area contributed by atoms with Gasteiger partial charge in [0.1, 0.15) is 18.1 Å². The highest BCUT2D eigenvalue weighted by atomic mass is 16.3. The van der Waals surface area contributed by atoms with Gasteiger partial charge in [-0.2, -0.15) is 5.10 Å². The Morgan fingerprint density at radius 1 is 1.45 bits per heavy atom. The van der Waals surface area contributed by atoms with Crippen LogP contribution in [0.25, 0.3) is 0 Å². The number of para-hydroxylation sites is 1. The maximum atomic E-state index is 12.2. The van der Waals surface area contributed by atoms with E-state index in [1.807, 2.05) is 13.0 Å². The minimum absolute atomic E-state index is 0.108. The van der Waals surface area contributed by atoms with Crippen LogP contribution in [0.5, 0.6) is 5.75 Å². The molecule has 0 saturated heterocycles. The van der Waals surface area contributed by atoms with Crippen molar-refractivity contribution < 1.29 is 9.90 Å². The van der Waals surface area contributed by atoms with E-state index in [2.05, 4.69) is 5.10 Å². The summed E-state index contributed by atoms with van der Waals surface area (Å²) in [4.78, 5) is 13.8. The molecule has 6 nitrogen and oxygen atoms in total. The average molecular weight is 274 g/mol. The van der Waals surface area contributed by atoms with Crippen molar-refractivity contribution in [3.63, 3.8) is 0 Å². The molecule has 1 aromatic carbocycles. The second-order valence-corrected chi connectivity index (χ2v) is 4.68. The number of anilines is 1. The lowest BCUT2D eigenvalue weighted by molar-refractivity contribution is -0.132. The van der Waals surface area contributed by atoms with Crippen LogP contribution in [-0.2, 0) is 11.3 Å². The van der Waals surface area contributed by atoms with E-state index in [1.54, 1.807) is 42.4 Å². The van der Waals surface area contributed by atoms with Gasteiger partial charge in [0.05, 0.1) is 6.04 Å². The minimum atomic E-state index is -0.225. The van der Waals surface area contributed by atoms with Gasteiger partial charge in [-0.05, 0) is 19.1 Å². The Kier molecular flexibility index (Phi) is 3.93. The maximum Gasteiger partial charge on any atom is 0.244 e. The Labute approximate surface area is 117 Å². The number of rotatable bonds is 4. The number of carbonyl (C=O) groups excluding carboxylic acids is 1. The molecule has 1 aromatic heterocycles. The van der Waals surface area contributed by atoms with Crippen LogP contribution in [0.3, 0.4) is 0 Å². The fourth-order valence-corrected chi connectivity index (χ4v) is 1.98. The molecule has 0 aliphatic carbocycles. The maximum absolute atomic E-state index is 12.2. The number of hydrogen-bond donors (Lipinski definition) is 2. The van der Waals surface area contributed by atoms with E-state index in [1.165, 1.54) is 4.68 Å². The fraction of sp³-hybridized carbons (Fsp3) is 0.286. The van der Waals surface area contributed by atoms with E-state index in [9.17, 15) is 9.90 Å². The quantitative estimate of drug-likeness (QED) is 0.882. The van der Waals surface area contributed by atoms with Gasteiger partial charge in [-0.15, -0.1) is 0 Å². The predicted molar refractivity (Wildman–Crippen MR) is 75.9 cm³/mol. The first-order chi connectivity index (χ1) is 9.49. The first-order valence-corrected chi connectivity index (χ1v) is 6.31. The summed E-state index contributed by atoms with van der Waals surface area (Å²) in [6, 6.07) is 8.41. The number of aromatic nitrogens is 2. The minimum Gasteiger partial charge on any atom is -0.508 e. The first-order valence-electron chi connectivity index (χ1n) is 6.31. The summed E-state index contributed by atoms with van der Waals surface area (Å²) in [5, 5.41) is 13.8. The highest BCUT2D eigenvalue weighted by molar-refractivity contribution is 5.76. The van der Waals surface area contributed by atoms with E-state index in [0.717, 1.165) is 0 Å². The Morgan fingerprint density at radius 3 is 2.75 bits per heavy atom. The van der Waals surface area contributed by atoms with Crippen LogP contribution in [0.2, 0.25) is 0 Å². The van der Waals surface area contributed by atoms with Crippen LogP contribution in [0.15, 0.2) is 36.5 Å². The Balaban J connectivity index is 2.08. The molecule has 1 unspecified atom stereocenters. The summed E-state index contributed by atoms with van der Waals surface area (Å²) in [7, 11) is 1.70. The Hall–Kier alpha value is -2.50. The second-order valence-electron chi connectivity index (χ2n) is 4.68. The molecule has 3 N–H and O–H groups in total. The van der Waals surface area contributed by atoms with Crippen molar-refractivity contribution in [2.24, 2.45) is 0 Å². The molecule has 0 fully saturated rings. The van der Waals surface area contributed by atoms with Gasteiger partial charge in [0, 0.05) is 18.8 Å². The zero-order valence-electron chi connectivity index (χ0n) is 11.5. The van der Waals surface area contributed by atoms with E-state index in [0.29, 0.717) is 11.4 Å². The topological polar surface area (TPSA) is 84.4 Å². The first kappa shape index (κ1) is 13.9. The molecule has 0 aliphatic rings. The summed E-state index contributed by atoms with van der Waals surface area (Å²) < 4.78 is 1.49. The van der Waals surface area contributed by atoms with Crippen LogP contribution in [0.1, 0.15) is 18.5 Å². The molecule has 2 rings (SSSR count). The van der Waals surface area contributed by atoms with Crippen LogP contribution >= 0.6 is 0 Å². The molecule has 0 spiro atoms. The molecular weight excluding hydrogens is 256 g/mol. The Bertz CT molecular complexity index is 609.